The summed E-state index contributed by atoms with van der Waals surface area (Å²) in [5.41, 5.74) is -0.344. The predicted molar refractivity (Wildman–Crippen MR) is 220 cm³/mol. The molecular weight excluding hydrogens is 744 g/mol. The lowest BCUT2D eigenvalue weighted by molar-refractivity contribution is -0.132. The quantitative estimate of drug-likeness (QED) is 0.0861. The second-order valence-electron chi connectivity index (χ2n) is 18.3. The molecule has 0 aliphatic rings. The van der Waals surface area contributed by atoms with E-state index in [9.17, 15) is 36.6 Å². The van der Waals surface area contributed by atoms with Crippen molar-refractivity contribution in [1.29, 1.82) is 0 Å². The number of carbonyl (C=O) groups excluding carboxylic acids is 4. The molecule has 0 bridgehead atoms. The third-order valence-electron chi connectivity index (χ3n) is 10.3. The van der Waals surface area contributed by atoms with Crippen molar-refractivity contribution in [2.45, 2.75) is 145 Å². The zero-order valence-corrected chi connectivity index (χ0v) is 36.8. The van der Waals surface area contributed by atoms with Gasteiger partial charge >= 0.3 is 6.03 Å². The Morgan fingerprint density at radius 2 is 1.48 bits per heavy atom. The predicted octanol–water partition coefficient (Wildman–Crippen LogP) is 7.43. The molecule has 7 atom stereocenters. The third kappa shape index (κ3) is 20.4. The van der Waals surface area contributed by atoms with Crippen molar-refractivity contribution >= 4 is 34.6 Å². The van der Waals surface area contributed by atoms with Crippen molar-refractivity contribution < 1.29 is 36.6 Å². The number of nitrogens with zero attached hydrogens (tertiary/aromatic N) is 1. The Kier molecular flexibility index (Phi) is 21.9. The van der Waals surface area contributed by atoms with E-state index in [1.807, 2.05) is 41.5 Å². The number of urea groups is 1. The van der Waals surface area contributed by atoms with Gasteiger partial charge < -0.3 is 21.3 Å². The standard InChI is InChI=1S/C42H72F3N5O5S/c1-27(2)16-17-28(3)22-31(24-34(51)37(42(8,9)10)49-40(54)48-35(41(5,6)7)26-50(11)56(12)55)19-18-29(4)38(52)47-33(25-36(44)45)39(53)46-21-20-30-14-13-15-32(43)23-30/h13-15,23,27-29,31,33,35-37H,16-22,24-26H2,1-12H3,(H,46,53)(H,47,52)(H2,48,49,54)/t28?,29-,31?,33+,35-,37-,56?/m1/s1. The minimum absolute atomic E-state index is 0.0831. The van der Waals surface area contributed by atoms with Crippen LogP contribution < -0.4 is 21.3 Å². The molecule has 0 aromatic heterocycles. The molecule has 1 aromatic rings. The van der Waals surface area contributed by atoms with Gasteiger partial charge in [-0.15, -0.1) is 0 Å². The Labute approximate surface area is 337 Å². The average molecular weight is 816 g/mol. The zero-order valence-electron chi connectivity index (χ0n) is 36.0. The Hall–Kier alpha value is -3.00. The van der Waals surface area contributed by atoms with Crippen molar-refractivity contribution in [3.63, 3.8) is 0 Å². The lowest BCUT2D eigenvalue weighted by atomic mass is 9.78. The van der Waals surface area contributed by atoms with E-state index in [0.29, 0.717) is 43.2 Å². The normalized spacial score (nSPS) is 16.1. The van der Waals surface area contributed by atoms with Gasteiger partial charge in [-0.05, 0) is 79.0 Å². The summed E-state index contributed by atoms with van der Waals surface area (Å²) in [6.07, 6.45) is 1.93. The van der Waals surface area contributed by atoms with Crippen LogP contribution in [0, 0.1) is 40.3 Å². The molecule has 0 saturated carbocycles. The Bertz CT molecular complexity index is 1420. The summed E-state index contributed by atoms with van der Waals surface area (Å²) in [7, 11) is 0.494. The summed E-state index contributed by atoms with van der Waals surface area (Å²) in [6.45, 7) is 20.2. The van der Waals surface area contributed by atoms with Crippen LogP contribution in [0.15, 0.2) is 24.3 Å². The summed E-state index contributed by atoms with van der Waals surface area (Å²) in [6, 6.07) is 2.76. The SMILES string of the molecule is CC(C)CCC(C)CC(CC[C@@H](C)C(=O)N[C@@H](CC(F)F)C(=O)NCCc1cccc(F)c1)CC(=O)[C@@H](NC(=O)N[C@H](CN(C)S(C)=O)C(C)(C)C)C(C)(C)C. The van der Waals surface area contributed by atoms with Crippen LogP contribution >= 0.6 is 0 Å². The van der Waals surface area contributed by atoms with E-state index in [-0.39, 0.29) is 36.1 Å². The molecule has 56 heavy (non-hydrogen) atoms. The molecule has 1 aromatic carbocycles. The van der Waals surface area contributed by atoms with E-state index < -0.39 is 70.9 Å². The van der Waals surface area contributed by atoms with E-state index >= 15 is 0 Å². The van der Waals surface area contributed by atoms with Crippen molar-refractivity contribution in [1.82, 2.24) is 25.6 Å². The van der Waals surface area contributed by atoms with Crippen LogP contribution in [0.3, 0.4) is 0 Å². The molecule has 0 heterocycles. The van der Waals surface area contributed by atoms with Crippen molar-refractivity contribution in [2.24, 2.45) is 34.5 Å². The number of benzene rings is 1. The molecule has 14 heteroatoms. The molecule has 4 N–H and O–H groups in total. The van der Waals surface area contributed by atoms with Crippen LogP contribution in [0.2, 0.25) is 0 Å². The summed E-state index contributed by atoms with van der Waals surface area (Å²) in [5, 5.41) is 11.1. The van der Waals surface area contributed by atoms with E-state index in [2.05, 4.69) is 42.0 Å². The number of rotatable bonds is 24. The number of hydrogen-bond donors (Lipinski definition) is 4. The van der Waals surface area contributed by atoms with Gasteiger partial charge in [-0.2, -0.15) is 0 Å². The van der Waals surface area contributed by atoms with Gasteiger partial charge in [0.25, 0.3) is 0 Å². The number of ketones is 1. The number of Topliss-reactive ketones (excluding diaryl/α,β-unsaturated/α-hetero) is 1. The van der Waals surface area contributed by atoms with Crippen LogP contribution in [0.4, 0.5) is 18.0 Å². The first-order valence-corrected chi connectivity index (χ1v) is 21.6. The van der Waals surface area contributed by atoms with Crippen molar-refractivity contribution in [2.75, 3.05) is 26.4 Å². The Morgan fingerprint density at radius 3 is 2.02 bits per heavy atom. The highest BCUT2D eigenvalue weighted by Gasteiger charge is 2.36. The lowest BCUT2D eigenvalue weighted by Gasteiger charge is -2.36. The fourth-order valence-electron chi connectivity index (χ4n) is 6.51. The van der Waals surface area contributed by atoms with Gasteiger partial charge in [0.15, 0.2) is 5.78 Å². The molecule has 1 rings (SSSR count). The summed E-state index contributed by atoms with van der Waals surface area (Å²) < 4.78 is 54.3. The van der Waals surface area contributed by atoms with E-state index in [1.165, 1.54) is 12.1 Å². The smallest absolute Gasteiger partial charge is 0.315 e. The number of likely N-dealkylation sites (N-methyl/N-ethyl adjacent to an activating group) is 1. The number of hydrogen-bond acceptors (Lipinski definition) is 5. The molecule has 0 spiro atoms. The molecule has 0 radical (unpaired) electrons. The van der Waals surface area contributed by atoms with Gasteiger partial charge in [-0.1, -0.05) is 94.2 Å². The van der Waals surface area contributed by atoms with E-state index in [0.717, 1.165) is 19.3 Å². The first-order chi connectivity index (χ1) is 25.8. The van der Waals surface area contributed by atoms with Crippen LogP contribution in [0.1, 0.15) is 120 Å². The fraction of sp³-hybridized carbons (Fsp3) is 0.762. The van der Waals surface area contributed by atoms with Gasteiger partial charge in [0.05, 0.1) is 17.0 Å². The van der Waals surface area contributed by atoms with Crippen LogP contribution in [-0.2, 0) is 31.8 Å². The second kappa shape index (κ2) is 24.0. The fourth-order valence-corrected chi connectivity index (χ4v) is 6.86. The maximum absolute atomic E-state index is 14.1. The summed E-state index contributed by atoms with van der Waals surface area (Å²) in [4.78, 5) is 53.8. The molecule has 0 saturated heterocycles. The Morgan fingerprint density at radius 1 is 0.839 bits per heavy atom. The van der Waals surface area contributed by atoms with E-state index in [4.69, 9.17) is 0 Å². The van der Waals surface area contributed by atoms with Crippen LogP contribution in [0.5, 0.6) is 0 Å². The molecule has 322 valence electrons. The largest absolute Gasteiger partial charge is 0.354 e. The molecule has 0 fully saturated rings. The highest BCUT2D eigenvalue weighted by molar-refractivity contribution is 7.81. The van der Waals surface area contributed by atoms with Gasteiger partial charge in [-0.3, -0.25) is 14.4 Å². The van der Waals surface area contributed by atoms with Gasteiger partial charge in [0.1, 0.15) is 11.9 Å². The van der Waals surface area contributed by atoms with Gasteiger partial charge in [0.2, 0.25) is 18.2 Å². The minimum atomic E-state index is -2.83. The topological polar surface area (TPSA) is 137 Å². The summed E-state index contributed by atoms with van der Waals surface area (Å²) in [5.74, 6) is -1.76. The van der Waals surface area contributed by atoms with Gasteiger partial charge in [-0.25, -0.2) is 26.5 Å². The molecule has 4 amide bonds. The van der Waals surface area contributed by atoms with Crippen LogP contribution in [-0.4, -0.2) is 83.1 Å². The number of alkyl halides is 2. The first-order valence-electron chi connectivity index (χ1n) is 20.0. The number of halogens is 3. The highest BCUT2D eigenvalue weighted by atomic mass is 32.2. The van der Waals surface area contributed by atoms with Crippen LogP contribution in [0.25, 0.3) is 0 Å². The number of nitrogens with one attached hydrogen (secondary N) is 4. The molecule has 0 aliphatic carbocycles. The lowest BCUT2D eigenvalue weighted by Crippen LogP contribution is -2.58. The van der Waals surface area contributed by atoms with E-state index in [1.54, 1.807) is 36.7 Å². The number of amides is 4. The maximum Gasteiger partial charge on any atom is 0.315 e. The zero-order chi connectivity index (χ0) is 43.0. The molecule has 3 unspecified atom stereocenters. The molecular formula is C42H72F3N5O5S. The monoisotopic (exact) mass is 816 g/mol. The third-order valence-corrected chi connectivity index (χ3v) is 11.3. The maximum atomic E-state index is 14.1. The molecule has 0 aliphatic heterocycles. The molecule has 10 nitrogen and oxygen atoms in total. The van der Waals surface area contributed by atoms with Crippen molar-refractivity contribution in [3.8, 4) is 0 Å². The van der Waals surface area contributed by atoms with Gasteiger partial charge in [0, 0.05) is 44.1 Å². The Balaban J connectivity index is 3.09. The second-order valence-corrected chi connectivity index (χ2v) is 19.7. The summed E-state index contributed by atoms with van der Waals surface area (Å²) >= 11 is 0. The highest BCUT2D eigenvalue weighted by Crippen LogP contribution is 2.30. The number of carbonyl (C=O) groups is 4. The van der Waals surface area contributed by atoms with Crippen molar-refractivity contribution in [3.05, 3.63) is 35.6 Å². The first kappa shape index (κ1) is 51.0. The average Bonchev–Trinajstić information content (AvgIpc) is 3.06. The minimum Gasteiger partial charge on any atom is -0.354 e.